The van der Waals surface area contributed by atoms with Gasteiger partial charge in [-0.15, -0.1) is 16.5 Å². The standard InChI is InChI=1S/C21H38ClN3O13/c1-2-35-6-5-24(21(33)25(23-34)4-3-22)20-19(32)15(28)11(12(7-26)38-20)9-36-10-14-17(30)18(31)16(29)13(8-27)37-14/h11-20,26-32H,2-10H2,1H3. The van der Waals surface area contributed by atoms with E-state index >= 15 is 0 Å². The Morgan fingerprint density at radius 2 is 1.53 bits per heavy atom. The molecule has 0 aromatic heterocycles. The Bertz CT molecular complexity index is 724. The minimum atomic E-state index is -1.70. The Kier molecular flexibility index (Phi) is 13.9. The van der Waals surface area contributed by atoms with E-state index in [1.165, 1.54) is 0 Å². The molecule has 2 heterocycles. The van der Waals surface area contributed by atoms with Crippen LogP contribution in [-0.2, 0) is 18.9 Å². The van der Waals surface area contributed by atoms with Crippen molar-refractivity contribution in [3.63, 3.8) is 0 Å². The van der Waals surface area contributed by atoms with E-state index in [0.29, 0.717) is 11.6 Å². The lowest BCUT2D eigenvalue weighted by atomic mass is 9.89. The first-order valence-electron chi connectivity index (χ1n) is 12.2. The van der Waals surface area contributed by atoms with Crippen LogP contribution in [0.3, 0.4) is 0 Å². The van der Waals surface area contributed by atoms with Crippen LogP contribution in [0.4, 0.5) is 4.79 Å². The van der Waals surface area contributed by atoms with Crippen LogP contribution in [0.1, 0.15) is 6.92 Å². The number of nitroso groups, excluding NO2 is 1. The van der Waals surface area contributed by atoms with Gasteiger partial charge >= 0.3 is 6.03 Å². The number of hydrogen-bond acceptors (Lipinski definition) is 14. The second kappa shape index (κ2) is 16.1. The largest absolute Gasteiger partial charge is 0.394 e. The molecule has 2 amide bonds. The summed E-state index contributed by atoms with van der Waals surface area (Å²) in [6.45, 7) is -0.213. The molecule has 38 heavy (non-hydrogen) atoms. The van der Waals surface area contributed by atoms with Gasteiger partial charge in [0.15, 0.2) is 6.23 Å². The number of nitrogens with zero attached hydrogens (tertiary/aromatic N) is 3. The van der Waals surface area contributed by atoms with Gasteiger partial charge < -0.3 is 54.7 Å². The summed E-state index contributed by atoms with van der Waals surface area (Å²) in [5, 5.41) is 74.1. The Hall–Kier alpha value is -1.28. The number of ether oxygens (including phenoxy) is 4. The smallest absolute Gasteiger partial charge is 0.345 e. The molecule has 0 aromatic rings. The molecule has 2 rings (SSSR count). The fraction of sp³-hybridized carbons (Fsp3) is 0.952. The molecule has 16 nitrogen and oxygen atoms in total. The lowest BCUT2D eigenvalue weighted by molar-refractivity contribution is -0.258. The Balaban J connectivity index is 2.10. The van der Waals surface area contributed by atoms with Crippen molar-refractivity contribution in [3.05, 3.63) is 4.91 Å². The maximum Gasteiger partial charge on any atom is 0.345 e. The molecule has 2 saturated heterocycles. The molecule has 0 bridgehead atoms. The first kappa shape index (κ1) is 32.9. The van der Waals surface area contributed by atoms with Gasteiger partial charge in [0, 0.05) is 24.9 Å². The highest BCUT2D eigenvalue weighted by molar-refractivity contribution is 6.18. The van der Waals surface area contributed by atoms with E-state index in [4.69, 9.17) is 30.5 Å². The highest BCUT2D eigenvalue weighted by atomic mass is 35.5. The molecule has 2 aliphatic rings. The summed E-state index contributed by atoms with van der Waals surface area (Å²) in [5.74, 6) is -1.11. The van der Waals surface area contributed by atoms with E-state index in [2.05, 4.69) is 5.29 Å². The minimum absolute atomic E-state index is 0.00785. The van der Waals surface area contributed by atoms with Crippen LogP contribution in [0.25, 0.3) is 0 Å². The van der Waals surface area contributed by atoms with Gasteiger partial charge in [0.25, 0.3) is 0 Å². The number of carbonyl (C=O) groups is 1. The summed E-state index contributed by atoms with van der Waals surface area (Å²) in [6.07, 6.45) is -12.8. The maximum atomic E-state index is 13.0. The Labute approximate surface area is 224 Å². The average molecular weight is 576 g/mol. The van der Waals surface area contributed by atoms with Gasteiger partial charge in [-0.05, 0) is 6.92 Å². The van der Waals surface area contributed by atoms with E-state index < -0.39 is 80.2 Å². The summed E-state index contributed by atoms with van der Waals surface area (Å²) in [7, 11) is 0. The van der Waals surface area contributed by atoms with Crippen LogP contribution in [0, 0.1) is 10.8 Å². The number of aliphatic hydroxyl groups is 7. The first-order chi connectivity index (χ1) is 18.2. The molecule has 17 heteroatoms. The first-order valence-corrected chi connectivity index (χ1v) is 12.8. The average Bonchev–Trinajstić information content (AvgIpc) is 2.92. The van der Waals surface area contributed by atoms with Crippen LogP contribution < -0.4 is 0 Å². The molecule has 222 valence electrons. The van der Waals surface area contributed by atoms with Crippen LogP contribution in [0.2, 0.25) is 0 Å². The topological polar surface area (TPSA) is 232 Å². The maximum absolute atomic E-state index is 13.0. The SMILES string of the molecule is CCOCCN(C(=O)N(CCCl)N=O)C1OC(CO)C(COCC2OC(CO)C(O)C(O)C2O)C(O)C1O. The summed E-state index contributed by atoms with van der Waals surface area (Å²) in [5.41, 5.74) is 0. The second-order valence-electron chi connectivity index (χ2n) is 8.86. The Morgan fingerprint density at radius 3 is 2.11 bits per heavy atom. The highest BCUT2D eigenvalue weighted by Crippen LogP contribution is 2.30. The monoisotopic (exact) mass is 575 g/mol. The fourth-order valence-electron chi connectivity index (χ4n) is 4.32. The Morgan fingerprint density at radius 1 is 0.868 bits per heavy atom. The minimum Gasteiger partial charge on any atom is -0.394 e. The number of carbonyl (C=O) groups excluding carboxylic acids is 1. The van der Waals surface area contributed by atoms with E-state index in [1.807, 2.05) is 0 Å². The molecule has 0 aromatic carbocycles. The van der Waals surface area contributed by atoms with Crippen molar-refractivity contribution in [2.75, 3.05) is 58.6 Å². The number of rotatable bonds is 14. The van der Waals surface area contributed by atoms with Gasteiger partial charge in [-0.1, -0.05) is 0 Å². The van der Waals surface area contributed by atoms with Gasteiger partial charge in [0.2, 0.25) is 0 Å². The molecular formula is C21H38ClN3O13. The van der Waals surface area contributed by atoms with E-state index in [-0.39, 0.29) is 38.8 Å². The van der Waals surface area contributed by atoms with Gasteiger partial charge in [-0.25, -0.2) is 4.79 Å². The van der Waals surface area contributed by atoms with Crippen molar-refractivity contribution < 1.29 is 59.5 Å². The van der Waals surface area contributed by atoms with E-state index in [0.717, 1.165) is 4.90 Å². The van der Waals surface area contributed by atoms with Crippen LogP contribution in [0.15, 0.2) is 5.29 Å². The summed E-state index contributed by atoms with van der Waals surface area (Å²) in [6, 6.07) is -0.953. The molecule has 7 N–H and O–H groups in total. The van der Waals surface area contributed by atoms with E-state index in [1.54, 1.807) is 6.92 Å². The van der Waals surface area contributed by atoms with Gasteiger partial charge in [0.1, 0.15) is 36.6 Å². The predicted octanol–water partition coefficient (Wildman–Crippen LogP) is -3.42. The van der Waals surface area contributed by atoms with Crippen LogP contribution >= 0.6 is 11.6 Å². The van der Waals surface area contributed by atoms with Crippen molar-refractivity contribution >= 4 is 17.6 Å². The molecule has 0 spiro atoms. The van der Waals surface area contributed by atoms with Crippen LogP contribution in [-0.4, -0.2) is 165 Å². The van der Waals surface area contributed by atoms with Crippen molar-refractivity contribution in [1.29, 1.82) is 0 Å². The number of hydrogen-bond donors (Lipinski definition) is 7. The van der Waals surface area contributed by atoms with Gasteiger partial charge in [-0.2, -0.15) is 5.01 Å². The lowest BCUT2D eigenvalue weighted by Gasteiger charge is -2.46. The van der Waals surface area contributed by atoms with E-state index in [9.17, 15) is 45.4 Å². The number of halogens is 1. The molecule has 10 unspecified atom stereocenters. The number of urea groups is 1. The molecule has 0 radical (unpaired) electrons. The summed E-state index contributed by atoms with van der Waals surface area (Å²) in [4.78, 5) is 25.1. The van der Waals surface area contributed by atoms with Crippen molar-refractivity contribution in [1.82, 2.24) is 9.91 Å². The highest BCUT2D eigenvalue weighted by Gasteiger charge is 2.49. The zero-order valence-corrected chi connectivity index (χ0v) is 21.7. The number of aliphatic hydroxyl groups excluding tert-OH is 7. The van der Waals surface area contributed by atoms with Crippen LogP contribution in [0.5, 0.6) is 0 Å². The lowest BCUT2D eigenvalue weighted by Crippen LogP contribution is -2.64. The molecule has 2 fully saturated rings. The summed E-state index contributed by atoms with van der Waals surface area (Å²) < 4.78 is 21.9. The second-order valence-corrected chi connectivity index (χ2v) is 9.24. The number of amides is 2. The third-order valence-electron chi connectivity index (χ3n) is 6.49. The molecule has 0 aliphatic carbocycles. The van der Waals surface area contributed by atoms with Crippen molar-refractivity contribution in [2.24, 2.45) is 11.2 Å². The van der Waals surface area contributed by atoms with Gasteiger partial charge in [0.05, 0.1) is 57.1 Å². The quantitative estimate of drug-likeness (QED) is 0.0463. The zero-order valence-electron chi connectivity index (χ0n) is 20.9. The zero-order chi connectivity index (χ0) is 28.4. The molecule has 10 atom stereocenters. The van der Waals surface area contributed by atoms with Crippen molar-refractivity contribution in [3.8, 4) is 0 Å². The predicted molar refractivity (Wildman–Crippen MR) is 128 cm³/mol. The normalized spacial score (nSPS) is 35.6. The fourth-order valence-corrected chi connectivity index (χ4v) is 4.48. The third-order valence-corrected chi connectivity index (χ3v) is 6.65. The number of alkyl halides is 1. The molecule has 0 saturated carbocycles. The third kappa shape index (κ3) is 7.89. The molecular weight excluding hydrogens is 538 g/mol. The van der Waals surface area contributed by atoms with Gasteiger partial charge in [-0.3, -0.25) is 4.90 Å². The molecule has 2 aliphatic heterocycles. The van der Waals surface area contributed by atoms with Crippen molar-refractivity contribution in [2.45, 2.75) is 62.0 Å². The summed E-state index contributed by atoms with van der Waals surface area (Å²) >= 11 is 5.63.